The van der Waals surface area contributed by atoms with E-state index in [4.69, 9.17) is 28.7 Å². The summed E-state index contributed by atoms with van der Waals surface area (Å²) in [5.74, 6) is 2.58. The molecule has 1 amide bonds. The second-order valence-electron chi connectivity index (χ2n) is 21.1. The van der Waals surface area contributed by atoms with Crippen molar-refractivity contribution in [1.29, 1.82) is 0 Å². The fourth-order valence-corrected chi connectivity index (χ4v) is 13.5. The van der Waals surface area contributed by atoms with Crippen molar-refractivity contribution in [3.05, 3.63) is 116 Å². The van der Waals surface area contributed by atoms with Crippen molar-refractivity contribution in [1.82, 2.24) is 10.2 Å². The molecule has 8 bridgehead atoms. The third-order valence-electron chi connectivity index (χ3n) is 17.1. The molecule has 1 saturated heterocycles. The molecule has 3 fully saturated rings. The third kappa shape index (κ3) is 7.14. The molecule has 3 aromatic rings. The molecule has 10 aliphatic rings. The maximum atomic E-state index is 15.4. The summed E-state index contributed by atoms with van der Waals surface area (Å²) in [5, 5.41) is 54.1. The lowest BCUT2D eigenvalue weighted by Crippen LogP contribution is -2.70. The first-order valence-corrected chi connectivity index (χ1v) is 25.8. The molecule has 0 aromatic heterocycles. The number of aromatic hydroxyl groups is 1. The molecule has 0 spiro atoms. The number of allylic oxidation sites excluding steroid dienone is 5. The second kappa shape index (κ2) is 17.8. The normalized spacial score (nSPS) is 30.6. The van der Waals surface area contributed by atoms with Crippen molar-refractivity contribution in [3.8, 4) is 29.3 Å². The monoisotopic (exact) mass is 972 g/mol. The molecule has 5 aliphatic heterocycles. The van der Waals surface area contributed by atoms with Crippen LogP contribution in [0.25, 0.3) is 22.4 Å². The number of methoxy groups -OCH3 is 1. The Balaban J connectivity index is 1.03. The number of aliphatic hydroxyl groups is 3. The minimum atomic E-state index is -2.46. The van der Waals surface area contributed by atoms with E-state index in [1.54, 1.807) is 25.5 Å². The maximum Gasteiger partial charge on any atom is 0.254 e. The van der Waals surface area contributed by atoms with Crippen LogP contribution < -0.4 is 14.8 Å². The first-order chi connectivity index (χ1) is 35.1. The van der Waals surface area contributed by atoms with Crippen LogP contribution in [0.2, 0.25) is 0 Å². The topological polar surface area (TPSA) is 189 Å². The van der Waals surface area contributed by atoms with Gasteiger partial charge in [-0.3, -0.25) is 9.59 Å². The van der Waals surface area contributed by atoms with Gasteiger partial charge in [0.15, 0.2) is 23.2 Å². The average Bonchev–Trinajstić information content (AvgIpc) is 4.13. The molecule has 3 aromatic carbocycles. The van der Waals surface area contributed by atoms with Crippen LogP contribution in [0.5, 0.6) is 17.2 Å². The number of amides is 1. The second-order valence-corrected chi connectivity index (χ2v) is 21.1. The third-order valence-corrected chi connectivity index (χ3v) is 17.1. The number of phenols is 1. The molecule has 14 nitrogen and oxygen atoms in total. The van der Waals surface area contributed by atoms with Crippen LogP contribution in [0.15, 0.2) is 69.9 Å². The molecular weight excluding hydrogens is 915 g/mol. The van der Waals surface area contributed by atoms with Gasteiger partial charge in [-0.25, -0.2) is 0 Å². The number of carbonyl (C=O) groups is 2. The van der Waals surface area contributed by atoms with Crippen LogP contribution >= 0.6 is 0 Å². The zero-order valence-corrected chi connectivity index (χ0v) is 40.2. The lowest BCUT2D eigenvalue weighted by atomic mass is 9.69. The maximum absolute atomic E-state index is 15.4. The van der Waals surface area contributed by atoms with Gasteiger partial charge in [-0.15, -0.1) is 0 Å². The fourth-order valence-electron chi connectivity index (χ4n) is 13.5. The molecule has 0 radical (unpaired) electrons. The Morgan fingerprint density at radius 3 is 2.75 bits per heavy atom. The van der Waals surface area contributed by atoms with E-state index in [2.05, 4.69) is 35.9 Å². The predicted molar refractivity (Wildman–Crippen MR) is 267 cm³/mol. The van der Waals surface area contributed by atoms with Crippen molar-refractivity contribution >= 4 is 40.3 Å². The standard InChI is InChI=1S/C58H57N3O11/c1-68-53-37-17-16-33-23-32-9-6-13-35(32)47-46(33)48(37)50-52(65)49(47)43(63)27-61-26-41-31(8-5-14-36(41)56(61)66)10-7-21-69-55-51(64)45-28-70-44(20-18-38(53)54(50)72-57(71-45)58(55,67)29-62)40-25-60-42-19-15-30(22-39(40)42)24-59-34-11-3-2-4-12-34/h5,8,14-15,18-20,22-23,25,32,34-35,44-45,51,55,57,59,62,64,67H,2-4,6,9-13,16-17,24,26-29H2,1H3/p+1/b20-18+/t32-,35-,44+,45+,51+,55-,57+,58+/m0/s1. The SMILES string of the molecule is COc1c2c3c4c(O)c(c5c6c4c1CCC6=C[C@@H]1CCC[C@H]51)C(=O)CN1Cc4c(cccc4C1=O)CC#CO[C@H]1[C@H](O)[C@@H](CO[C@@H](C4=C5[CH+]C(CNC6CCCCC6)=CC=C5N=C4)/C=C/2)O[C@H](O3)[C@@]1(O)CO. The minimum absolute atomic E-state index is 0.0143. The highest BCUT2D eigenvalue weighted by atomic mass is 16.7. The van der Waals surface area contributed by atoms with Crippen molar-refractivity contribution in [2.24, 2.45) is 10.9 Å². The fraction of sp³-hybridized carbons (Fsp3) is 0.448. The van der Waals surface area contributed by atoms with Gasteiger partial charge in [-0.2, -0.15) is 4.99 Å². The smallest absolute Gasteiger partial charge is 0.254 e. The number of Topliss-reactive ketones (excluding diaryl/α,β-unsaturated/α-hetero) is 1. The first kappa shape index (κ1) is 45.7. The van der Waals surface area contributed by atoms with Crippen LogP contribution in [0, 0.1) is 24.4 Å². The highest BCUT2D eigenvalue weighted by Crippen LogP contribution is 2.60. The van der Waals surface area contributed by atoms with Crippen molar-refractivity contribution in [3.63, 3.8) is 0 Å². The van der Waals surface area contributed by atoms with Crippen molar-refractivity contribution in [2.75, 3.05) is 33.4 Å². The quantitative estimate of drug-likeness (QED) is 0.134. The van der Waals surface area contributed by atoms with E-state index in [9.17, 15) is 25.2 Å². The van der Waals surface area contributed by atoms with E-state index < -0.39 is 48.7 Å². The van der Waals surface area contributed by atoms with E-state index >= 15 is 4.79 Å². The molecule has 8 atom stereocenters. The summed E-state index contributed by atoms with van der Waals surface area (Å²) < 4.78 is 32.9. The van der Waals surface area contributed by atoms with Gasteiger partial charge < -0.3 is 54.3 Å². The number of hydrogen-bond acceptors (Lipinski definition) is 13. The predicted octanol–water partition coefficient (Wildman–Crippen LogP) is 6.45. The van der Waals surface area contributed by atoms with Gasteiger partial charge in [0, 0.05) is 66.2 Å². The number of ether oxygens (including phenoxy) is 5. The van der Waals surface area contributed by atoms with Gasteiger partial charge in [0.25, 0.3) is 5.91 Å². The largest absolute Gasteiger partial charge is 0.506 e. The summed E-state index contributed by atoms with van der Waals surface area (Å²) in [6, 6.07) is 5.86. The Bertz CT molecular complexity index is 3110. The van der Waals surface area contributed by atoms with Gasteiger partial charge >= 0.3 is 0 Å². The molecule has 13 rings (SSSR count). The summed E-state index contributed by atoms with van der Waals surface area (Å²) in [4.78, 5) is 35.9. The number of carbonyl (C=O) groups excluding carboxylic acids is 2. The van der Waals surface area contributed by atoms with Crippen LogP contribution in [-0.4, -0.2) is 119 Å². The Morgan fingerprint density at radius 1 is 1.03 bits per heavy atom. The number of fused-ring (bicyclic) bond motifs is 8. The summed E-state index contributed by atoms with van der Waals surface area (Å²) in [7, 11) is 1.58. The molecule has 0 unspecified atom stereocenters. The van der Waals surface area contributed by atoms with Crippen molar-refractivity contribution < 1.29 is 53.7 Å². The Hall–Kier alpha value is -6.18. The number of nitrogens with zero attached hydrogens (tertiary/aromatic N) is 2. The molecule has 14 heteroatoms. The van der Waals surface area contributed by atoms with Crippen LogP contribution in [0.1, 0.15) is 118 Å². The molecule has 2 saturated carbocycles. The summed E-state index contributed by atoms with van der Waals surface area (Å²) in [6.45, 7) is -0.647. The van der Waals surface area contributed by atoms with E-state index in [0.29, 0.717) is 47.7 Å². The number of benzene rings is 3. The number of phenolic OH excluding ortho intramolecular Hbond substituents is 1. The summed E-state index contributed by atoms with van der Waals surface area (Å²) in [6.07, 6.45) is 19.9. The Kier molecular flexibility index (Phi) is 11.3. The Labute approximate surface area is 417 Å². The van der Waals surface area contributed by atoms with E-state index in [-0.39, 0.29) is 66.3 Å². The van der Waals surface area contributed by atoms with Gasteiger partial charge in [0.05, 0.1) is 55.2 Å². The van der Waals surface area contributed by atoms with Crippen molar-refractivity contribution in [2.45, 2.75) is 125 Å². The lowest BCUT2D eigenvalue weighted by Gasteiger charge is -2.47. The molecule has 72 heavy (non-hydrogen) atoms. The Morgan fingerprint density at radius 2 is 1.90 bits per heavy atom. The van der Waals surface area contributed by atoms with Gasteiger partial charge in [-0.05, 0) is 96.4 Å². The highest BCUT2D eigenvalue weighted by molar-refractivity contribution is 6.17. The summed E-state index contributed by atoms with van der Waals surface area (Å²) >= 11 is 0. The molecule has 5 heterocycles. The highest BCUT2D eigenvalue weighted by Gasteiger charge is 2.59. The minimum Gasteiger partial charge on any atom is -0.506 e. The molecule has 5 N–H and O–H groups in total. The number of aliphatic hydroxyl groups excluding tert-OH is 2. The first-order valence-electron chi connectivity index (χ1n) is 25.8. The average molecular weight is 973 g/mol. The molecule has 5 aliphatic carbocycles. The number of ketones is 1. The summed E-state index contributed by atoms with van der Waals surface area (Å²) in [5.41, 5.74) is 7.04. The van der Waals surface area contributed by atoms with E-state index in [1.165, 1.54) is 24.2 Å². The lowest BCUT2D eigenvalue weighted by molar-refractivity contribution is -0.327. The van der Waals surface area contributed by atoms with Gasteiger partial charge in [0.1, 0.15) is 47.2 Å². The van der Waals surface area contributed by atoms with Gasteiger partial charge in [-0.1, -0.05) is 49.8 Å². The molecule has 370 valence electrons. The number of rotatable bonds is 6. The zero-order valence-electron chi connectivity index (χ0n) is 40.2. The number of aliphatic imine (C=N–C) groups is 1. The van der Waals surface area contributed by atoms with Crippen LogP contribution in [0.3, 0.4) is 0 Å². The van der Waals surface area contributed by atoms with E-state index in [1.807, 2.05) is 24.3 Å². The molecular formula is C58H58N3O11+. The van der Waals surface area contributed by atoms with E-state index in [0.717, 1.165) is 87.9 Å². The zero-order chi connectivity index (χ0) is 49.0. The number of nitrogens with one attached hydrogen (secondary N) is 1. The van der Waals surface area contributed by atoms with Gasteiger partial charge in [0.2, 0.25) is 6.29 Å². The van der Waals surface area contributed by atoms with Crippen LogP contribution in [-0.2, 0) is 33.6 Å². The number of aryl methyl sites for hydroxylation is 1. The van der Waals surface area contributed by atoms with Crippen LogP contribution in [0.4, 0.5) is 0 Å². The number of hydrogen-bond donors (Lipinski definition) is 5.